The van der Waals surface area contributed by atoms with Crippen molar-refractivity contribution in [2.45, 2.75) is 38.3 Å². The highest BCUT2D eigenvalue weighted by atomic mass is 32.1. The van der Waals surface area contributed by atoms with Gasteiger partial charge in [-0.25, -0.2) is 4.98 Å². The normalized spacial score (nSPS) is 17.7. The lowest BCUT2D eigenvalue weighted by molar-refractivity contribution is -0.121. The molecule has 1 amide bonds. The largest absolute Gasteiger partial charge is 0.378 e. The van der Waals surface area contributed by atoms with Gasteiger partial charge >= 0.3 is 0 Å². The number of rotatable bonds is 1. The van der Waals surface area contributed by atoms with Gasteiger partial charge in [0.15, 0.2) is 5.13 Å². The summed E-state index contributed by atoms with van der Waals surface area (Å²) in [5.74, 6) is 5.76. The highest BCUT2D eigenvalue weighted by molar-refractivity contribution is 7.16. The van der Waals surface area contributed by atoms with E-state index in [0.717, 1.165) is 20.3 Å². The number of thiophene rings is 1. The van der Waals surface area contributed by atoms with Gasteiger partial charge in [-0.05, 0) is 26.0 Å². The fourth-order valence-electron chi connectivity index (χ4n) is 2.37. The van der Waals surface area contributed by atoms with Gasteiger partial charge in [0.25, 0.3) is 0 Å². The molecule has 3 rings (SSSR count). The van der Waals surface area contributed by atoms with E-state index in [-0.39, 0.29) is 11.8 Å². The molecule has 0 bridgehead atoms. The molecule has 0 saturated heterocycles. The highest BCUT2D eigenvalue weighted by Gasteiger charge is 2.28. The predicted molar refractivity (Wildman–Crippen MR) is 92.3 cm³/mol. The maximum Gasteiger partial charge on any atom is 0.221 e. The minimum atomic E-state index is -1.02. The fraction of sp³-hybridized carbons (Fsp3) is 0.375. The second kappa shape index (κ2) is 5.96. The lowest BCUT2D eigenvalue weighted by Crippen LogP contribution is -2.21. The van der Waals surface area contributed by atoms with Crippen molar-refractivity contribution in [3.63, 3.8) is 0 Å². The molecule has 120 valence electrons. The average molecular weight is 347 g/mol. The van der Waals surface area contributed by atoms with Gasteiger partial charge in [0.05, 0.1) is 17.1 Å². The first-order chi connectivity index (χ1) is 10.8. The summed E-state index contributed by atoms with van der Waals surface area (Å²) in [7, 11) is 0. The van der Waals surface area contributed by atoms with E-state index in [4.69, 9.17) is 5.73 Å². The molecule has 5 nitrogen and oxygen atoms in total. The summed E-state index contributed by atoms with van der Waals surface area (Å²) >= 11 is 2.98. The predicted octanol–water partition coefficient (Wildman–Crippen LogP) is 2.06. The monoisotopic (exact) mass is 347 g/mol. The van der Waals surface area contributed by atoms with Crippen molar-refractivity contribution >= 4 is 33.7 Å². The third-order valence-electron chi connectivity index (χ3n) is 3.36. The van der Waals surface area contributed by atoms with E-state index in [9.17, 15) is 9.90 Å². The first-order valence-electron chi connectivity index (χ1n) is 7.19. The number of carbonyl (C=O) groups is 1. The Morgan fingerprint density at radius 3 is 2.96 bits per heavy atom. The van der Waals surface area contributed by atoms with Crippen LogP contribution in [0.3, 0.4) is 0 Å². The molecule has 0 aromatic carbocycles. The van der Waals surface area contributed by atoms with Crippen LogP contribution >= 0.6 is 22.7 Å². The lowest BCUT2D eigenvalue weighted by atomic mass is 10.0. The molecule has 1 aliphatic heterocycles. The van der Waals surface area contributed by atoms with Crippen LogP contribution in [0.2, 0.25) is 0 Å². The quantitative estimate of drug-likeness (QED) is 0.689. The third kappa shape index (κ3) is 3.72. The van der Waals surface area contributed by atoms with E-state index in [1.807, 2.05) is 12.1 Å². The summed E-state index contributed by atoms with van der Waals surface area (Å²) < 4.78 is 0. The topological polar surface area (TPSA) is 88.2 Å². The highest BCUT2D eigenvalue weighted by Crippen LogP contribution is 2.39. The van der Waals surface area contributed by atoms with Crippen LogP contribution in [0.4, 0.5) is 5.13 Å². The Morgan fingerprint density at radius 2 is 2.22 bits per heavy atom. The molecule has 4 N–H and O–H groups in total. The molecule has 0 fully saturated rings. The minimum absolute atomic E-state index is 0.0105. The Morgan fingerprint density at radius 1 is 1.43 bits per heavy atom. The van der Waals surface area contributed by atoms with Crippen LogP contribution in [-0.2, 0) is 11.3 Å². The number of anilines is 1. The number of nitrogens with one attached hydrogen (secondary N) is 1. The Balaban J connectivity index is 1.95. The Bertz CT molecular complexity index is 805. The van der Waals surface area contributed by atoms with Gasteiger partial charge in [-0.2, -0.15) is 0 Å². The van der Waals surface area contributed by atoms with Crippen LogP contribution in [0.1, 0.15) is 46.5 Å². The maximum atomic E-state index is 12.0. The van der Waals surface area contributed by atoms with Crippen molar-refractivity contribution in [3.05, 3.63) is 32.5 Å². The number of hydrogen-bond donors (Lipinski definition) is 3. The zero-order chi connectivity index (χ0) is 16.6. The van der Waals surface area contributed by atoms with Crippen molar-refractivity contribution in [2.24, 2.45) is 0 Å². The van der Waals surface area contributed by atoms with Gasteiger partial charge in [-0.1, -0.05) is 11.8 Å². The Kier molecular flexibility index (Phi) is 4.15. The van der Waals surface area contributed by atoms with E-state index < -0.39 is 5.60 Å². The van der Waals surface area contributed by atoms with Crippen molar-refractivity contribution in [2.75, 3.05) is 5.73 Å². The van der Waals surface area contributed by atoms with Crippen LogP contribution in [0.15, 0.2) is 12.1 Å². The molecular weight excluding hydrogens is 330 g/mol. The van der Waals surface area contributed by atoms with Crippen molar-refractivity contribution in [1.29, 1.82) is 0 Å². The number of hydrogen-bond acceptors (Lipinski definition) is 6. The van der Waals surface area contributed by atoms with Crippen molar-refractivity contribution in [3.8, 4) is 11.8 Å². The molecule has 2 aromatic rings. The van der Waals surface area contributed by atoms with E-state index in [1.54, 1.807) is 13.8 Å². The van der Waals surface area contributed by atoms with E-state index in [1.165, 1.54) is 22.7 Å². The molecule has 1 aliphatic rings. The number of nitrogens with zero attached hydrogens (tertiary/aromatic N) is 1. The second-order valence-corrected chi connectivity index (χ2v) is 8.09. The summed E-state index contributed by atoms with van der Waals surface area (Å²) in [4.78, 5) is 19.3. The summed E-state index contributed by atoms with van der Waals surface area (Å²) in [6.07, 6.45) is 0.382. The molecule has 1 atom stereocenters. The van der Waals surface area contributed by atoms with E-state index in [2.05, 4.69) is 22.1 Å². The summed E-state index contributed by atoms with van der Waals surface area (Å²) in [5, 5.41) is 13.1. The molecule has 0 unspecified atom stereocenters. The van der Waals surface area contributed by atoms with Crippen LogP contribution in [-0.4, -0.2) is 21.6 Å². The molecule has 2 aromatic heterocycles. The third-order valence-corrected chi connectivity index (χ3v) is 5.52. The number of aromatic nitrogens is 1. The first kappa shape index (κ1) is 16.0. The van der Waals surface area contributed by atoms with Crippen molar-refractivity contribution in [1.82, 2.24) is 10.3 Å². The summed E-state index contributed by atoms with van der Waals surface area (Å²) in [6.45, 7) is 3.72. The van der Waals surface area contributed by atoms with Crippen LogP contribution < -0.4 is 11.1 Å². The molecular formula is C16H17N3O2S2. The molecule has 0 aliphatic carbocycles. The van der Waals surface area contributed by atoms with Gasteiger partial charge in [0.1, 0.15) is 5.60 Å². The Labute approximate surface area is 142 Å². The number of nitrogen functional groups attached to an aromatic ring is 1. The zero-order valence-electron chi connectivity index (χ0n) is 12.8. The molecule has 0 radical (unpaired) electrons. The van der Waals surface area contributed by atoms with Gasteiger partial charge in [-0.15, -0.1) is 22.7 Å². The molecule has 0 spiro atoms. The maximum absolute atomic E-state index is 12.0. The van der Waals surface area contributed by atoms with E-state index in [0.29, 0.717) is 18.1 Å². The lowest BCUT2D eigenvalue weighted by Gasteiger charge is -2.10. The van der Waals surface area contributed by atoms with Crippen LogP contribution in [0.5, 0.6) is 0 Å². The minimum Gasteiger partial charge on any atom is -0.378 e. The smallest absolute Gasteiger partial charge is 0.221 e. The number of aliphatic hydroxyl groups is 1. The van der Waals surface area contributed by atoms with Gasteiger partial charge < -0.3 is 16.2 Å². The molecule has 23 heavy (non-hydrogen) atoms. The zero-order valence-corrected chi connectivity index (χ0v) is 14.5. The summed E-state index contributed by atoms with van der Waals surface area (Å²) in [6, 6.07) is 3.91. The molecule has 3 heterocycles. The SMILES string of the molecule is CC(C)(O)C#Cc1ccc([C@@H]2CC(=O)NCc3nc(N)sc32)s1. The number of fused-ring (bicyclic) bond motifs is 1. The molecule has 7 heteroatoms. The second-order valence-electron chi connectivity index (χ2n) is 5.91. The van der Waals surface area contributed by atoms with Crippen molar-refractivity contribution < 1.29 is 9.90 Å². The average Bonchev–Trinajstić information content (AvgIpc) is 3.03. The number of thiazole rings is 1. The number of carbonyl (C=O) groups excluding carboxylic acids is 1. The van der Waals surface area contributed by atoms with E-state index >= 15 is 0 Å². The summed E-state index contributed by atoms with van der Waals surface area (Å²) in [5.41, 5.74) is 5.66. The van der Waals surface area contributed by atoms with Gasteiger partial charge in [0.2, 0.25) is 5.91 Å². The van der Waals surface area contributed by atoms with Crippen LogP contribution in [0, 0.1) is 11.8 Å². The Hall–Kier alpha value is -1.88. The van der Waals surface area contributed by atoms with Crippen LogP contribution in [0.25, 0.3) is 0 Å². The molecule has 0 saturated carbocycles. The fourth-order valence-corrected chi connectivity index (χ4v) is 4.38. The number of nitrogens with two attached hydrogens (primary N) is 1. The standard InChI is InChI=1S/C16H17N3O2S2/c1-16(2,21)6-5-9-3-4-12(22-9)10-7-13(20)18-8-11-14(10)23-15(17)19-11/h3-4,10,21H,7-8H2,1-2H3,(H2,17,19)(H,18,20)/t10-/m0/s1. The van der Waals surface area contributed by atoms with Gasteiger partial charge in [-0.3, -0.25) is 4.79 Å². The number of amides is 1. The van der Waals surface area contributed by atoms with Gasteiger partial charge in [0, 0.05) is 22.1 Å². The first-order valence-corrected chi connectivity index (χ1v) is 8.82.